The number of allylic oxidation sites excluding steroid dienone is 1. The Kier molecular flexibility index (Phi) is 12.1. The average Bonchev–Trinajstić information content (AvgIpc) is 3.56. The van der Waals surface area contributed by atoms with E-state index >= 15 is 0 Å². The molecule has 0 spiro atoms. The molecule has 1 amide bonds. The Bertz CT molecular complexity index is 1590. The van der Waals surface area contributed by atoms with E-state index in [0.29, 0.717) is 93.7 Å². The molecule has 1 fully saturated rings. The zero-order valence-corrected chi connectivity index (χ0v) is 27.8. The smallest absolute Gasteiger partial charge is 0.276 e. The monoisotopic (exact) mass is 650 g/mol. The number of ether oxygens (including phenoxy) is 2. The van der Waals surface area contributed by atoms with Crippen molar-refractivity contribution in [3.05, 3.63) is 57.4 Å². The fourth-order valence-electron chi connectivity index (χ4n) is 5.73. The molecule has 5 rings (SSSR count). The summed E-state index contributed by atoms with van der Waals surface area (Å²) in [6.07, 6.45) is 6.62. The van der Waals surface area contributed by atoms with Gasteiger partial charge in [-0.15, -0.1) is 5.11 Å². The van der Waals surface area contributed by atoms with Crippen molar-refractivity contribution in [3.63, 3.8) is 0 Å². The van der Waals surface area contributed by atoms with Gasteiger partial charge in [0.25, 0.3) is 5.91 Å². The number of aromatic nitrogens is 2. The number of carbonyl (C=O) groups excluding carboxylic acids is 2. The van der Waals surface area contributed by atoms with E-state index in [1.165, 1.54) is 6.20 Å². The Morgan fingerprint density at radius 1 is 1.21 bits per heavy atom. The summed E-state index contributed by atoms with van der Waals surface area (Å²) in [7, 11) is 1.91. The zero-order valence-electron chi connectivity index (χ0n) is 27.8. The summed E-state index contributed by atoms with van der Waals surface area (Å²) in [5.74, 6) is 0.773. The third-order valence-electron chi connectivity index (χ3n) is 8.19. The minimum Gasteiger partial charge on any atom is -0.505 e. The van der Waals surface area contributed by atoms with Gasteiger partial charge in [0.1, 0.15) is 23.5 Å². The van der Waals surface area contributed by atoms with Crippen molar-refractivity contribution in [2.24, 2.45) is 16.1 Å². The Balaban J connectivity index is 0.000000555. The number of piperazine rings is 1. The number of aldehydes is 1. The summed E-state index contributed by atoms with van der Waals surface area (Å²) in [5, 5.41) is 22.1. The predicted octanol–water partition coefficient (Wildman–Crippen LogP) is 3.34. The maximum Gasteiger partial charge on any atom is 0.276 e. The van der Waals surface area contributed by atoms with Crippen LogP contribution in [-0.2, 0) is 28.9 Å². The molecule has 5 heterocycles. The number of amides is 1. The van der Waals surface area contributed by atoms with Gasteiger partial charge >= 0.3 is 0 Å². The first kappa shape index (κ1) is 35.1. The molecule has 4 N–H and O–H groups in total. The van der Waals surface area contributed by atoms with Crippen LogP contribution in [0.4, 0.5) is 17.2 Å². The quantitative estimate of drug-likeness (QED) is 0.255. The van der Waals surface area contributed by atoms with Crippen molar-refractivity contribution < 1.29 is 24.2 Å². The molecule has 3 aliphatic heterocycles. The number of nitrogens with one attached hydrogen (secondary N) is 1. The molecule has 0 unspecified atom stereocenters. The lowest BCUT2D eigenvalue weighted by atomic mass is 10.1. The summed E-state index contributed by atoms with van der Waals surface area (Å²) in [5.41, 5.74) is 9.36. The summed E-state index contributed by atoms with van der Waals surface area (Å²) < 4.78 is 12.3. The number of fused-ring (bicyclic) bond motifs is 1. The largest absolute Gasteiger partial charge is 0.505 e. The number of hydrogen-bond donors (Lipinski definition) is 3. The Morgan fingerprint density at radius 3 is 2.55 bits per heavy atom. The minimum atomic E-state index is -0.382. The molecule has 47 heavy (non-hydrogen) atoms. The predicted molar refractivity (Wildman–Crippen MR) is 179 cm³/mol. The first-order chi connectivity index (χ1) is 22.6. The Labute approximate surface area is 275 Å². The van der Waals surface area contributed by atoms with Crippen LogP contribution in [-0.4, -0.2) is 84.8 Å². The van der Waals surface area contributed by atoms with E-state index in [1.807, 2.05) is 18.9 Å². The lowest BCUT2D eigenvalue weighted by Gasteiger charge is -2.37. The van der Waals surface area contributed by atoms with Gasteiger partial charge in [0, 0.05) is 63.0 Å². The standard InChI is InChI=1S/C26H31N7O6.C7H15N/c1-2-18-22(24(36)20(25(27)33(18)10-11-34)30-29-16-3-12-38-13-4-16)31-6-8-32(9-7-31)26(37)21-23(35)17-5-14-39-19(17)15-28-21;1-6(2)5-7(3)8-4/h3,11,15,35H,2,4-10,12-14,27H2,1H3;6,8H,3,5H2,1-2,4H3. The van der Waals surface area contributed by atoms with Crippen molar-refractivity contribution in [3.8, 4) is 11.5 Å². The summed E-state index contributed by atoms with van der Waals surface area (Å²) in [4.78, 5) is 46.1. The maximum absolute atomic E-state index is 13.7. The van der Waals surface area contributed by atoms with Gasteiger partial charge in [-0.25, -0.2) is 4.98 Å². The van der Waals surface area contributed by atoms with Gasteiger partial charge in [0.15, 0.2) is 17.1 Å². The number of pyridine rings is 2. The molecule has 14 nitrogen and oxygen atoms in total. The normalized spacial score (nSPS) is 15.9. The molecule has 254 valence electrons. The van der Waals surface area contributed by atoms with E-state index in [4.69, 9.17) is 15.2 Å². The van der Waals surface area contributed by atoms with E-state index in [2.05, 4.69) is 41.0 Å². The zero-order chi connectivity index (χ0) is 34.1. The van der Waals surface area contributed by atoms with Crippen LogP contribution in [0.15, 0.2) is 45.3 Å². The van der Waals surface area contributed by atoms with Crippen LogP contribution in [0.5, 0.6) is 11.5 Å². The summed E-state index contributed by atoms with van der Waals surface area (Å²) >= 11 is 0. The molecular weight excluding hydrogens is 604 g/mol. The van der Waals surface area contributed by atoms with Gasteiger partial charge in [-0.2, -0.15) is 5.11 Å². The molecule has 0 bridgehead atoms. The third kappa shape index (κ3) is 8.17. The fraction of sp³-hybridized carbons (Fsp3) is 0.515. The second-order valence-corrected chi connectivity index (χ2v) is 11.8. The van der Waals surface area contributed by atoms with Gasteiger partial charge in [-0.05, 0) is 24.8 Å². The van der Waals surface area contributed by atoms with E-state index in [-0.39, 0.29) is 40.8 Å². The van der Waals surface area contributed by atoms with Crippen LogP contribution < -0.4 is 26.1 Å². The maximum atomic E-state index is 13.7. The number of nitrogens with zero attached hydrogens (tertiary/aromatic N) is 6. The van der Waals surface area contributed by atoms with Gasteiger partial charge in [0.2, 0.25) is 5.43 Å². The molecule has 0 atom stereocenters. The second-order valence-electron chi connectivity index (χ2n) is 11.8. The molecule has 3 aliphatic rings. The summed E-state index contributed by atoms with van der Waals surface area (Å²) in [6.45, 7) is 12.7. The number of anilines is 2. The number of nitrogens with two attached hydrogens (primary N) is 1. The Morgan fingerprint density at radius 2 is 1.96 bits per heavy atom. The number of aromatic hydroxyl groups is 1. The van der Waals surface area contributed by atoms with Crippen LogP contribution in [0.3, 0.4) is 0 Å². The van der Waals surface area contributed by atoms with Crippen LogP contribution in [0.2, 0.25) is 0 Å². The SMILES string of the molecule is C=C(CC(C)C)NC.CCc1c(N2CCN(C(=O)c3ncc4c(c3O)CCO4)CC2)c(=O)c(N=NC2=CCOCC2)c(N)n1CC=O. The van der Waals surface area contributed by atoms with Crippen LogP contribution in [0.25, 0.3) is 0 Å². The van der Waals surface area contributed by atoms with E-state index in [9.17, 15) is 19.5 Å². The molecule has 0 radical (unpaired) electrons. The third-order valence-corrected chi connectivity index (χ3v) is 8.19. The molecular formula is C33H46N8O6. The minimum absolute atomic E-state index is 0.00659. The average molecular weight is 651 g/mol. The molecule has 2 aromatic heterocycles. The highest BCUT2D eigenvalue weighted by molar-refractivity contribution is 5.95. The first-order valence-corrected chi connectivity index (χ1v) is 16.0. The van der Waals surface area contributed by atoms with Crippen molar-refractivity contribution >= 4 is 29.4 Å². The number of hydrogen-bond acceptors (Lipinski definition) is 12. The van der Waals surface area contributed by atoms with Crippen LogP contribution in [0, 0.1) is 5.92 Å². The Hall–Kier alpha value is -4.72. The second kappa shape index (κ2) is 16.2. The lowest BCUT2D eigenvalue weighted by Crippen LogP contribution is -2.50. The van der Waals surface area contributed by atoms with Gasteiger partial charge in [0.05, 0.1) is 38.3 Å². The highest BCUT2D eigenvalue weighted by Crippen LogP contribution is 2.35. The van der Waals surface area contributed by atoms with Crippen molar-refractivity contribution in [1.29, 1.82) is 0 Å². The summed E-state index contributed by atoms with van der Waals surface area (Å²) in [6, 6.07) is 0. The molecule has 0 aliphatic carbocycles. The van der Waals surface area contributed by atoms with E-state index in [0.717, 1.165) is 24.3 Å². The molecule has 0 aromatic carbocycles. The number of rotatable bonds is 10. The van der Waals surface area contributed by atoms with Crippen LogP contribution in [0.1, 0.15) is 55.4 Å². The molecule has 1 saturated heterocycles. The molecule has 14 heteroatoms. The van der Waals surface area contributed by atoms with E-state index < -0.39 is 0 Å². The highest BCUT2D eigenvalue weighted by Gasteiger charge is 2.31. The van der Waals surface area contributed by atoms with Crippen molar-refractivity contribution in [2.45, 2.75) is 53.0 Å². The molecule has 2 aromatic rings. The van der Waals surface area contributed by atoms with Gasteiger partial charge in [-0.1, -0.05) is 27.4 Å². The number of azo groups is 1. The number of nitrogen functional groups attached to an aromatic ring is 1. The topological polar surface area (TPSA) is 177 Å². The van der Waals surface area contributed by atoms with Crippen molar-refractivity contribution in [1.82, 2.24) is 19.8 Å². The fourth-order valence-corrected chi connectivity index (χ4v) is 5.73. The lowest BCUT2D eigenvalue weighted by molar-refractivity contribution is -0.108. The van der Waals surface area contributed by atoms with Gasteiger partial charge in [-0.3, -0.25) is 9.59 Å². The van der Waals surface area contributed by atoms with E-state index in [1.54, 1.807) is 15.5 Å². The van der Waals surface area contributed by atoms with Gasteiger partial charge < -0.3 is 44.8 Å². The number of carbonyl (C=O) groups is 2. The molecule has 0 saturated carbocycles. The van der Waals surface area contributed by atoms with Crippen LogP contribution >= 0.6 is 0 Å². The van der Waals surface area contributed by atoms with Crippen molar-refractivity contribution in [2.75, 3.05) is 63.7 Å². The first-order valence-electron chi connectivity index (χ1n) is 16.0. The highest BCUT2D eigenvalue weighted by atomic mass is 16.5.